The lowest BCUT2D eigenvalue weighted by atomic mass is 9.83. The normalized spacial score (nSPS) is 20.0. The van der Waals surface area contributed by atoms with E-state index < -0.39 is 0 Å². The number of aliphatic hydroxyl groups excluding tert-OH is 1. The number of ketones is 1. The van der Waals surface area contributed by atoms with Gasteiger partial charge in [0.15, 0.2) is 5.78 Å². The third-order valence-corrected chi connectivity index (χ3v) is 3.21. The van der Waals surface area contributed by atoms with Crippen LogP contribution in [-0.4, -0.2) is 23.6 Å². The average Bonchev–Trinajstić information content (AvgIpc) is 2.43. The fraction of sp³-hybridized carbons (Fsp3) is 0.250. The second kappa shape index (κ2) is 6.14. The van der Waals surface area contributed by atoms with Crippen molar-refractivity contribution in [3.63, 3.8) is 0 Å². The summed E-state index contributed by atoms with van der Waals surface area (Å²) < 4.78 is 0. The zero-order valence-electron chi connectivity index (χ0n) is 10.7. The van der Waals surface area contributed by atoms with Gasteiger partial charge in [0, 0.05) is 19.1 Å². The van der Waals surface area contributed by atoms with E-state index in [-0.39, 0.29) is 17.5 Å². The molecule has 1 aromatic rings. The Balaban J connectivity index is 2.18. The summed E-state index contributed by atoms with van der Waals surface area (Å²) in [6, 6.07) is 9.81. The molecular weight excluding hydrogens is 238 g/mol. The smallest absolute Gasteiger partial charge is 0.168 e. The predicted octanol–water partition coefficient (Wildman–Crippen LogP) is 3.20. The largest absolute Gasteiger partial charge is 0.511 e. The van der Waals surface area contributed by atoms with Crippen LogP contribution in [-0.2, 0) is 4.79 Å². The molecule has 1 aliphatic carbocycles. The minimum atomic E-state index is -0.0505. The zero-order valence-corrected chi connectivity index (χ0v) is 10.7. The monoisotopic (exact) mass is 255 g/mol. The molecule has 2 rings (SSSR count). The number of rotatable bonds is 4. The van der Waals surface area contributed by atoms with Gasteiger partial charge in [-0.1, -0.05) is 36.4 Å². The van der Waals surface area contributed by atoms with Gasteiger partial charge in [0.2, 0.25) is 0 Å². The summed E-state index contributed by atoms with van der Waals surface area (Å²) in [4.78, 5) is 16.1. The molecule has 0 heterocycles. The molecule has 0 radical (unpaired) electrons. The Morgan fingerprint density at radius 1 is 1.32 bits per heavy atom. The first-order valence-electron chi connectivity index (χ1n) is 6.33. The zero-order chi connectivity index (χ0) is 13.7. The third kappa shape index (κ3) is 3.19. The molecule has 19 heavy (non-hydrogen) atoms. The Hall–Kier alpha value is -2.16. The molecule has 0 aliphatic heterocycles. The summed E-state index contributed by atoms with van der Waals surface area (Å²) in [6.07, 6.45) is 4.02. The molecule has 0 bridgehead atoms. The fourth-order valence-electron chi connectivity index (χ4n) is 2.24. The van der Waals surface area contributed by atoms with Crippen LogP contribution in [0.4, 0.5) is 0 Å². The molecule has 0 aromatic heterocycles. The standard InChI is InChI=1S/C16H17NO2/c1-2-8-17-11-14-15(18)9-13(10-16(14)19)12-6-4-3-5-7-12/h2-7,11,13,18H,1,8-10H2. The number of benzene rings is 1. The molecule has 0 fully saturated rings. The van der Waals surface area contributed by atoms with E-state index in [0.717, 1.165) is 5.56 Å². The molecule has 98 valence electrons. The van der Waals surface area contributed by atoms with Crippen LogP contribution >= 0.6 is 0 Å². The molecule has 0 spiro atoms. The van der Waals surface area contributed by atoms with E-state index in [0.29, 0.717) is 25.0 Å². The fourth-order valence-corrected chi connectivity index (χ4v) is 2.24. The quantitative estimate of drug-likeness (QED) is 0.663. The van der Waals surface area contributed by atoms with Crippen LogP contribution in [0.25, 0.3) is 0 Å². The van der Waals surface area contributed by atoms with Gasteiger partial charge in [0.05, 0.1) is 12.1 Å². The summed E-state index contributed by atoms with van der Waals surface area (Å²) in [6.45, 7) is 4.01. The lowest BCUT2D eigenvalue weighted by Gasteiger charge is -2.22. The van der Waals surface area contributed by atoms with Crippen molar-refractivity contribution in [2.24, 2.45) is 4.99 Å². The van der Waals surface area contributed by atoms with Crippen LogP contribution in [0.1, 0.15) is 24.3 Å². The molecule has 0 saturated heterocycles. The number of Topliss-reactive ketones (excluding diaryl/α,β-unsaturated/α-hetero) is 1. The van der Waals surface area contributed by atoms with Gasteiger partial charge in [0.1, 0.15) is 5.76 Å². The summed E-state index contributed by atoms with van der Waals surface area (Å²) in [5, 5.41) is 10.0. The van der Waals surface area contributed by atoms with Gasteiger partial charge in [-0.05, 0) is 11.5 Å². The SMILES string of the molecule is C=CCN=CC1=C(O)CC(c2ccccc2)CC1=O. The highest BCUT2D eigenvalue weighted by Crippen LogP contribution is 2.32. The second-order valence-electron chi connectivity index (χ2n) is 4.58. The molecule has 0 saturated carbocycles. The van der Waals surface area contributed by atoms with Crippen molar-refractivity contribution in [2.75, 3.05) is 6.54 Å². The molecule has 1 N–H and O–H groups in total. The van der Waals surface area contributed by atoms with E-state index in [1.54, 1.807) is 6.08 Å². The molecule has 1 atom stereocenters. The van der Waals surface area contributed by atoms with Crippen LogP contribution < -0.4 is 0 Å². The maximum Gasteiger partial charge on any atom is 0.168 e. The summed E-state index contributed by atoms with van der Waals surface area (Å²) in [5.74, 6) is 0.147. The molecule has 0 amide bonds. The van der Waals surface area contributed by atoms with Gasteiger partial charge >= 0.3 is 0 Å². The average molecular weight is 255 g/mol. The maximum atomic E-state index is 12.0. The first-order chi connectivity index (χ1) is 9.22. The number of carbonyl (C=O) groups is 1. The van der Waals surface area contributed by atoms with E-state index >= 15 is 0 Å². The van der Waals surface area contributed by atoms with Crippen molar-refractivity contribution in [1.82, 2.24) is 0 Å². The summed E-state index contributed by atoms with van der Waals surface area (Å²) in [7, 11) is 0. The Morgan fingerprint density at radius 2 is 2.05 bits per heavy atom. The highest BCUT2D eigenvalue weighted by Gasteiger charge is 2.27. The number of hydrogen-bond donors (Lipinski definition) is 1. The van der Waals surface area contributed by atoms with Crippen molar-refractivity contribution in [3.05, 3.63) is 59.9 Å². The van der Waals surface area contributed by atoms with Crippen LogP contribution in [0, 0.1) is 0 Å². The van der Waals surface area contributed by atoms with E-state index in [1.165, 1.54) is 6.21 Å². The summed E-state index contributed by atoms with van der Waals surface area (Å²) in [5.41, 5.74) is 1.43. The van der Waals surface area contributed by atoms with E-state index in [1.807, 2.05) is 30.3 Å². The number of hydrogen-bond acceptors (Lipinski definition) is 3. The highest BCUT2D eigenvalue weighted by molar-refractivity contribution is 6.14. The molecule has 1 aromatic carbocycles. The van der Waals surface area contributed by atoms with E-state index in [4.69, 9.17) is 0 Å². The lowest BCUT2D eigenvalue weighted by molar-refractivity contribution is -0.116. The maximum absolute atomic E-state index is 12.0. The number of aliphatic hydroxyl groups is 1. The Bertz CT molecular complexity index is 529. The first kappa shape index (κ1) is 13.3. The molecule has 3 nitrogen and oxygen atoms in total. The van der Waals surface area contributed by atoms with E-state index in [9.17, 15) is 9.90 Å². The van der Waals surface area contributed by atoms with Crippen molar-refractivity contribution in [3.8, 4) is 0 Å². The minimum absolute atomic E-state index is 0.0505. The Kier molecular flexibility index (Phi) is 4.29. The van der Waals surface area contributed by atoms with Crippen molar-refractivity contribution in [2.45, 2.75) is 18.8 Å². The van der Waals surface area contributed by atoms with Gasteiger partial charge in [0.25, 0.3) is 0 Å². The van der Waals surface area contributed by atoms with Gasteiger partial charge in [-0.3, -0.25) is 9.79 Å². The number of aliphatic imine (C=N–C) groups is 1. The molecule has 1 unspecified atom stereocenters. The van der Waals surface area contributed by atoms with Crippen molar-refractivity contribution < 1.29 is 9.90 Å². The topological polar surface area (TPSA) is 49.7 Å². The van der Waals surface area contributed by atoms with Gasteiger partial charge in [-0.25, -0.2) is 0 Å². The van der Waals surface area contributed by atoms with Gasteiger partial charge in [-0.2, -0.15) is 0 Å². The van der Waals surface area contributed by atoms with Gasteiger partial charge < -0.3 is 5.11 Å². The van der Waals surface area contributed by atoms with E-state index in [2.05, 4.69) is 11.6 Å². The van der Waals surface area contributed by atoms with Crippen LogP contribution in [0.15, 0.2) is 59.3 Å². The van der Waals surface area contributed by atoms with Crippen molar-refractivity contribution in [1.29, 1.82) is 0 Å². The number of allylic oxidation sites excluding steroid dienone is 2. The Labute approximate surface area is 113 Å². The van der Waals surface area contributed by atoms with Gasteiger partial charge in [-0.15, -0.1) is 6.58 Å². The minimum Gasteiger partial charge on any atom is -0.511 e. The second-order valence-corrected chi connectivity index (χ2v) is 4.58. The molecular formula is C16H17NO2. The van der Waals surface area contributed by atoms with Crippen LogP contribution in [0.3, 0.4) is 0 Å². The summed E-state index contributed by atoms with van der Waals surface area (Å²) >= 11 is 0. The number of nitrogens with zero attached hydrogens (tertiary/aromatic N) is 1. The number of carbonyl (C=O) groups excluding carboxylic acids is 1. The predicted molar refractivity (Wildman–Crippen MR) is 76.6 cm³/mol. The van der Waals surface area contributed by atoms with Crippen LogP contribution in [0.5, 0.6) is 0 Å². The van der Waals surface area contributed by atoms with Crippen molar-refractivity contribution >= 4 is 12.0 Å². The lowest BCUT2D eigenvalue weighted by Crippen LogP contribution is -2.19. The third-order valence-electron chi connectivity index (χ3n) is 3.21. The first-order valence-corrected chi connectivity index (χ1v) is 6.33. The molecule has 1 aliphatic rings. The Morgan fingerprint density at radius 3 is 2.68 bits per heavy atom. The van der Waals surface area contributed by atoms with Crippen LogP contribution in [0.2, 0.25) is 0 Å². The highest BCUT2D eigenvalue weighted by atomic mass is 16.3. The molecule has 3 heteroatoms.